The summed E-state index contributed by atoms with van der Waals surface area (Å²) in [6, 6.07) is 0. The summed E-state index contributed by atoms with van der Waals surface area (Å²) in [4.78, 5) is 9.76. The number of nitrogens with one attached hydrogen (secondary N) is 1. The number of hydrogen-bond donors (Lipinski definition) is 2. The normalized spacial score (nSPS) is 6.12. The van der Waals surface area contributed by atoms with Crippen molar-refractivity contribution in [1.82, 2.24) is 5.32 Å². The van der Waals surface area contributed by atoms with Crippen molar-refractivity contribution in [3.8, 4) is 0 Å². The Balaban J connectivity index is -0.000000125. The van der Waals surface area contributed by atoms with Crippen LogP contribution < -0.4 is 11.1 Å². The molecule has 3 N–H and O–H groups in total. The van der Waals surface area contributed by atoms with Gasteiger partial charge in [-0.25, -0.2) is 0 Å². The molecule has 0 aromatic rings. The molecule has 0 bridgehead atoms. The molecule has 0 heterocycles. The van der Waals surface area contributed by atoms with E-state index in [1.54, 1.807) is 7.05 Å². The average Bonchev–Trinajstić information content (AvgIpc) is 1.35. The van der Waals surface area contributed by atoms with Gasteiger partial charge in [-0.1, -0.05) is 0 Å². The van der Waals surface area contributed by atoms with Crippen LogP contribution in [0.5, 0.6) is 0 Å². The number of nitrogens with two attached hydrogens (primary N) is 1. The van der Waals surface area contributed by atoms with Crippen molar-refractivity contribution in [2.24, 2.45) is 5.73 Å². The molecule has 8 heavy (non-hydrogen) atoms. The minimum Gasteiger partial charge on any atom is -0.369 e. The molecule has 0 saturated carbocycles. The molecule has 0 rings (SSSR count). The predicted molar refractivity (Wildman–Crippen MR) is 37.6 cm³/mol. The SMILES string of the molecule is CNCC(N)=O.Cl.Cl. The van der Waals surface area contributed by atoms with Crippen LogP contribution in [0.2, 0.25) is 0 Å². The summed E-state index contributed by atoms with van der Waals surface area (Å²) in [5.74, 6) is -0.322. The molecule has 0 spiro atoms. The molecule has 5 heteroatoms. The third-order valence-electron chi connectivity index (χ3n) is 0.351. The topological polar surface area (TPSA) is 55.1 Å². The van der Waals surface area contributed by atoms with Crippen LogP contribution in [-0.4, -0.2) is 19.5 Å². The number of carbonyl (C=O) groups excluding carboxylic acids is 1. The maximum absolute atomic E-state index is 9.76. The van der Waals surface area contributed by atoms with E-state index in [2.05, 4.69) is 5.32 Å². The van der Waals surface area contributed by atoms with Crippen molar-refractivity contribution in [2.45, 2.75) is 0 Å². The smallest absolute Gasteiger partial charge is 0.231 e. The summed E-state index contributed by atoms with van der Waals surface area (Å²) in [5, 5.41) is 2.59. The first kappa shape index (κ1) is 15.7. The third kappa shape index (κ3) is 16.7. The van der Waals surface area contributed by atoms with Gasteiger partial charge in [0.25, 0.3) is 0 Å². The Morgan fingerprint density at radius 3 is 2.00 bits per heavy atom. The number of amides is 1. The van der Waals surface area contributed by atoms with E-state index in [0.29, 0.717) is 0 Å². The molecule has 0 fully saturated rings. The van der Waals surface area contributed by atoms with Gasteiger partial charge in [0.05, 0.1) is 6.54 Å². The molecule has 0 aromatic carbocycles. The van der Waals surface area contributed by atoms with Crippen LogP contribution in [0, 0.1) is 0 Å². The van der Waals surface area contributed by atoms with Crippen LogP contribution in [0.4, 0.5) is 0 Å². The molecular formula is C3H10Cl2N2O. The Hall–Kier alpha value is 0.01000. The number of rotatable bonds is 2. The predicted octanol–water partition coefficient (Wildman–Crippen LogP) is -0.465. The summed E-state index contributed by atoms with van der Waals surface area (Å²) in [6.07, 6.45) is 0. The maximum atomic E-state index is 9.76. The van der Waals surface area contributed by atoms with Gasteiger partial charge in [-0.3, -0.25) is 4.79 Å². The van der Waals surface area contributed by atoms with Crippen LogP contribution >= 0.6 is 24.8 Å². The van der Waals surface area contributed by atoms with Crippen molar-refractivity contribution in [1.29, 1.82) is 0 Å². The van der Waals surface area contributed by atoms with Crippen molar-refractivity contribution in [2.75, 3.05) is 13.6 Å². The average molecular weight is 161 g/mol. The van der Waals surface area contributed by atoms with E-state index in [4.69, 9.17) is 5.73 Å². The number of likely N-dealkylation sites (N-methyl/N-ethyl adjacent to an activating group) is 1. The molecule has 0 aliphatic rings. The first-order valence-corrected chi connectivity index (χ1v) is 1.70. The Bertz CT molecular complexity index is 59.2. The minimum absolute atomic E-state index is 0. The van der Waals surface area contributed by atoms with Gasteiger partial charge >= 0.3 is 0 Å². The molecule has 3 nitrogen and oxygen atoms in total. The zero-order valence-corrected chi connectivity index (χ0v) is 6.14. The van der Waals surface area contributed by atoms with Crippen molar-refractivity contribution in [3.63, 3.8) is 0 Å². The van der Waals surface area contributed by atoms with Gasteiger partial charge in [0.15, 0.2) is 0 Å². The van der Waals surface area contributed by atoms with Crippen molar-refractivity contribution >= 4 is 30.7 Å². The summed E-state index contributed by atoms with van der Waals surface area (Å²) < 4.78 is 0. The van der Waals surface area contributed by atoms with Crippen LogP contribution in [0.25, 0.3) is 0 Å². The van der Waals surface area contributed by atoms with Crippen LogP contribution in [-0.2, 0) is 4.79 Å². The van der Waals surface area contributed by atoms with Gasteiger partial charge in [0.2, 0.25) is 5.91 Å². The molecule has 0 aliphatic carbocycles. The fraction of sp³-hybridized carbons (Fsp3) is 0.667. The number of primary amides is 1. The number of carbonyl (C=O) groups is 1. The van der Waals surface area contributed by atoms with Gasteiger partial charge < -0.3 is 11.1 Å². The number of hydrogen-bond acceptors (Lipinski definition) is 2. The first-order valence-electron chi connectivity index (χ1n) is 1.70. The third-order valence-corrected chi connectivity index (χ3v) is 0.351. The Morgan fingerprint density at radius 1 is 1.62 bits per heavy atom. The number of halogens is 2. The highest BCUT2D eigenvalue weighted by atomic mass is 35.5. The molecule has 0 atom stereocenters. The Morgan fingerprint density at radius 2 is 2.00 bits per heavy atom. The largest absolute Gasteiger partial charge is 0.369 e. The van der Waals surface area contributed by atoms with Crippen molar-refractivity contribution in [3.05, 3.63) is 0 Å². The van der Waals surface area contributed by atoms with E-state index in [1.165, 1.54) is 0 Å². The lowest BCUT2D eigenvalue weighted by Gasteiger charge is -1.85. The highest BCUT2D eigenvalue weighted by molar-refractivity contribution is 5.85. The fourth-order valence-electron chi connectivity index (χ4n) is 0.174. The zero-order chi connectivity index (χ0) is 4.99. The van der Waals surface area contributed by atoms with E-state index >= 15 is 0 Å². The second kappa shape index (κ2) is 10.1. The minimum atomic E-state index is -0.322. The van der Waals surface area contributed by atoms with Crippen molar-refractivity contribution < 1.29 is 4.79 Å². The second-order valence-electron chi connectivity index (χ2n) is 0.997. The molecule has 0 aliphatic heterocycles. The summed E-state index contributed by atoms with van der Waals surface area (Å²) >= 11 is 0. The molecule has 0 radical (unpaired) electrons. The van der Waals surface area contributed by atoms with Gasteiger partial charge in [-0.05, 0) is 7.05 Å². The summed E-state index contributed by atoms with van der Waals surface area (Å²) in [7, 11) is 1.67. The van der Waals surface area contributed by atoms with Gasteiger partial charge in [-0.2, -0.15) is 0 Å². The van der Waals surface area contributed by atoms with E-state index < -0.39 is 0 Å². The highest BCUT2D eigenvalue weighted by Gasteiger charge is 1.82. The van der Waals surface area contributed by atoms with Crippen LogP contribution in [0.3, 0.4) is 0 Å². The zero-order valence-electron chi connectivity index (χ0n) is 4.51. The van der Waals surface area contributed by atoms with Crippen LogP contribution in [0.15, 0.2) is 0 Å². The maximum Gasteiger partial charge on any atom is 0.231 e. The Labute approximate surface area is 60.8 Å². The van der Waals surface area contributed by atoms with E-state index in [0.717, 1.165) is 0 Å². The standard InChI is InChI=1S/C3H8N2O.2ClH/c1-5-2-3(4)6;;/h5H,2H2,1H3,(H2,4,6);2*1H. The molecular weight excluding hydrogens is 151 g/mol. The van der Waals surface area contributed by atoms with E-state index in [1.807, 2.05) is 0 Å². The molecule has 0 aromatic heterocycles. The summed E-state index contributed by atoms with van der Waals surface area (Å²) in [6.45, 7) is 0.264. The second-order valence-corrected chi connectivity index (χ2v) is 0.997. The van der Waals surface area contributed by atoms with Gasteiger partial charge in [0.1, 0.15) is 0 Å². The lowest BCUT2D eigenvalue weighted by atomic mass is 10.6. The molecule has 0 saturated heterocycles. The highest BCUT2D eigenvalue weighted by Crippen LogP contribution is 1.44. The van der Waals surface area contributed by atoms with Gasteiger partial charge in [0, 0.05) is 0 Å². The first-order chi connectivity index (χ1) is 2.77. The molecule has 52 valence electrons. The Kier molecular flexibility index (Phi) is 19.8. The van der Waals surface area contributed by atoms with Crippen LogP contribution in [0.1, 0.15) is 0 Å². The quantitative estimate of drug-likeness (QED) is 0.575. The van der Waals surface area contributed by atoms with Gasteiger partial charge in [-0.15, -0.1) is 24.8 Å². The lowest BCUT2D eigenvalue weighted by molar-refractivity contribution is -0.117. The van der Waals surface area contributed by atoms with E-state index in [9.17, 15) is 4.79 Å². The lowest BCUT2D eigenvalue weighted by Crippen LogP contribution is -2.25. The fourth-order valence-corrected chi connectivity index (χ4v) is 0.174. The van der Waals surface area contributed by atoms with E-state index in [-0.39, 0.29) is 37.3 Å². The molecule has 0 unspecified atom stereocenters. The molecule has 1 amide bonds. The monoisotopic (exact) mass is 160 g/mol. The summed E-state index contributed by atoms with van der Waals surface area (Å²) in [5.41, 5.74) is 4.70.